The number of nitrogens with zero attached hydrogens (tertiary/aromatic N) is 1. The molecule has 1 aliphatic heterocycles. The van der Waals surface area contributed by atoms with Gasteiger partial charge in [0.15, 0.2) is 0 Å². The minimum atomic E-state index is -3.44. The Labute approximate surface area is 90.1 Å². The number of carboxylic acids is 1. The molecule has 1 heterocycles. The van der Waals surface area contributed by atoms with Crippen LogP contribution in [0.15, 0.2) is 0 Å². The van der Waals surface area contributed by atoms with Gasteiger partial charge in [-0.3, -0.25) is 4.79 Å². The van der Waals surface area contributed by atoms with Gasteiger partial charge in [0.1, 0.15) is 6.04 Å². The zero-order valence-electron chi connectivity index (χ0n) is 9.01. The third-order valence-corrected chi connectivity index (χ3v) is 4.94. The lowest BCUT2D eigenvalue weighted by Gasteiger charge is -2.33. The number of piperidine rings is 1. The third-order valence-electron chi connectivity index (χ3n) is 2.66. The third kappa shape index (κ3) is 2.49. The van der Waals surface area contributed by atoms with Crippen LogP contribution in [0.5, 0.6) is 0 Å². The maximum Gasteiger partial charge on any atom is 0.322 e. The van der Waals surface area contributed by atoms with E-state index in [-0.39, 0.29) is 0 Å². The average molecular weight is 235 g/mol. The summed E-state index contributed by atoms with van der Waals surface area (Å²) in [6.07, 6.45) is 1.94. The fourth-order valence-corrected chi connectivity index (χ4v) is 3.20. The molecule has 5 nitrogen and oxygen atoms in total. The molecule has 1 rings (SSSR count). The van der Waals surface area contributed by atoms with Crippen molar-refractivity contribution in [2.24, 2.45) is 0 Å². The highest BCUT2D eigenvalue weighted by Gasteiger charge is 2.37. The van der Waals surface area contributed by atoms with E-state index in [1.54, 1.807) is 13.8 Å². The topological polar surface area (TPSA) is 74.7 Å². The quantitative estimate of drug-likeness (QED) is 0.780. The SMILES string of the molecule is CC(C)S(=O)(=O)N1CCCC[C@H]1C(=O)O. The molecule has 0 amide bonds. The highest BCUT2D eigenvalue weighted by molar-refractivity contribution is 7.89. The minimum absolute atomic E-state index is 0.331. The smallest absolute Gasteiger partial charge is 0.322 e. The summed E-state index contributed by atoms with van der Waals surface area (Å²) < 4.78 is 24.9. The molecule has 1 atom stereocenters. The second kappa shape index (κ2) is 4.49. The van der Waals surface area contributed by atoms with Crippen LogP contribution in [0.1, 0.15) is 33.1 Å². The van der Waals surface area contributed by atoms with Gasteiger partial charge in [0.2, 0.25) is 10.0 Å². The minimum Gasteiger partial charge on any atom is -0.480 e. The number of hydrogen-bond acceptors (Lipinski definition) is 3. The molecule has 1 saturated heterocycles. The Kier molecular flexibility index (Phi) is 3.72. The van der Waals surface area contributed by atoms with Crippen molar-refractivity contribution in [3.8, 4) is 0 Å². The summed E-state index contributed by atoms with van der Waals surface area (Å²) in [5.74, 6) is -1.04. The molecule has 0 spiro atoms. The van der Waals surface area contributed by atoms with Gasteiger partial charge in [-0.05, 0) is 33.1 Å². The van der Waals surface area contributed by atoms with Gasteiger partial charge in [-0.15, -0.1) is 0 Å². The first-order chi connectivity index (χ1) is 6.87. The lowest BCUT2D eigenvalue weighted by atomic mass is 10.1. The Morgan fingerprint density at radius 2 is 2.00 bits per heavy atom. The molecule has 0 aliphatic carbocycles. The number of carboxylic acid groups (broad SMARTS) is 1. The molecule has 0 radical (unpaired) electrons. The molecule has 0 aromatic heterocycles. The molecule has 1 aliphatic rings. The van der Waals surface area contributed by atoms with E-state index >= 15 is 0 Å². The fraction of sp³-hybridized carbons (Fsp3) is 0.889. The van der Waals surface area contributed by atoms with E-state index in [0.717, 1.165) is 17.1 Å². The van der Waals surface area contributed by atoms with Crippen LogP contribution in [0.2, 0.25) is 0 Å². The van der Waals surface area contributed by atoms with Crippen molar-refractivity contribution in [2.45, 2.75) is 44.4 Å². The molecule has 15 heavy (non-hydrogen) atoms. The van der Waals surface area contributed by atoms with Crippen molar-refractivity contribution < 1.29 is 18.3 Å². The second-order valence-electron chi connectivity index (χ2n) is 4.05. The van der Waals surface area contributed by atoms with Crippen molar-refractivity contribution in [3.05, 3.63) is 0 Å². The van der Waals surface area contributed by atoms with Gasteiger partial charge in [-0.2, -0.15) is 4.31 Å². The molecule has 88 valence electrons. The van der Waals surface area contributed by atoms with E-state index in [1.807, 2.05) is 0 Å². The zero-order valence-corrected chi connectivity index (χ0v) is 9.83. The molecule has 0 unspecified atom stereocenters. The lowest BCUT2D eigenvalue weighted by Crippen LogP contribution is -2.50. The number of carbonyl (C=O) groups is 1. The Balaban J connectivity index is 2.95. The summed E-state index contributed by atoms with van der Waals surface area (Å²) in [6.45, 7) is 3.48. The van der Waals surface area contributed by atoms with E-state index in [1.165, 1.54) is 0 Å². The highest BCUT2D eigenvalue weighted by atomic mass is 32.2. The summed E-state index contributed by atoms with van der Waals surface area (Å²) in [5, 5.41) is 8.39. The maximum atomic E-state index is 11.9. The molecule has 6 heteroatoms. The zero-order chi connectivity index (χ0) is 11.6. The van der Waals surface area contributed by atoms with Gasteiger partial charge in [-0.25, -0.2) is 8.42 Å². The molecule has 0 saturated carbocycles. The standard InChI is InChI=1S/C9H17NO4S/c1-7(2)15(13,14)10-6-4-3-5-8(10)9(11)12/h7-8H,3-6H2,1-2H3,(H,11,12)/t8-/m0/s1. The van der Waals surface area contributed by atoms with Gasteiger partial charge >= 0.3 is 5.97 Å². The first-order valence-corrected chi connectivity index (χ1v) is 6.61. The predicted octanol–water partition coefficient (Wildman–Crippen LogP) is 0.664. The normalized spacial score (nSPS) is 24.3. The molecule has 0 aromatic rings. The van der Waals surface area contributed by atoms with Crippen LogP contribution < -0.4 is 0 Å². The molecule has 0 bridgehead atoms. The first-order valence-electron chi connectivity index (χ1n) is 5.11. The Hall–Kier alpha value is -0.620. The van der Waals surface area contributed by atoms with Crippen LogP contribution in [0.25, 0.3) is 0 Å². The summed E-state index contributed by atoms with van der Waals surface area (Å²) in [5.41, 5.74) is 0. The number of hydrogen-bond donors (Lipinski definition) is 1. The van der Waals surface area contributed by atoms with Crippen molar-refractivity contribution in [1.29, 1.82) is 0 Å². The number of sulfonamides is 1. The number of aliphatic carboxylic acids is 1. The van der Waals surface area contributed by atoms with Crippen molar-refractivity contribution >= 4 is 16.0 Å². The van der Waals surface area contributed by atoms with Crippen molar-refractivity contribution in [3.63, 3.8) is 0 Å². The van der Waals surface area contributed by atoms with Crippen molar-refractivity contribution in [2.75, 3.05) is 6.54 Å². The van der Waals surface area contributed by atoms with E-state index in [4.69, 9.17) is 5.11 Å². The van der Waals surface area contributed by atoms with Crippen LogP contribution in [0, 0.1) is 0 Å². The average Bonchev–Trinajstić information content (AvgIpc) is 2.17. The monoisotopic (exact) mass is 235 g/mol. The molecular weight excluding hydrogens is 218 g/mol. The lowest BCUT2D eigenvalue weighted by molar-refractivity contribution is -0.142. The first kappa shape index (κ1) is 12.4. The van der Waals surface area contributed by atoms with Crippen LogP contribution in [0.3, 0.4) is 0 Å². The number of rotatable bonds is 3. The van der Waals surface area contributed by atoms with Crippen LogP contribution in [-0.2, 0) is 14.8 Å². The van der Waals surface area contributed by atoms with E-state index in [0.29, 0.717) is 13.0 Å². The molecule has 1 fully saturated rings. The van der Waals surface area contributed by atoms with Crippen LogP contribution in [0.4, 0.5) is 0 Å². The summed E-state index contributed by atoms with van der Waals surface area (Å²) in [7, 11) is -3.44. The molecular formula is C9H17NO4S. The maximum absolute atomic E-state index is 11.9. The summed E-state index contributed by atoms with van der Waals surface area (Å²) in [6, 6.07) is -0.869. The molecule has 0 aromatic carbocycles. The Morgan fingerprint density at radius 3 is 2.47 bits per heavy atom. The predicted molar refractivity (Wildman–Crippen MR) is 56.0 cm³/mol. The van der Waals surface area contributed by atoms with Gasteiger partial charge in [0.25, 0.3) is 0 Å². The van der Waals surface area contributed by atoms with E-state index in [2.05, 4.69) is 0 Å². The highest BCUT2D eigenvalue weighted by Crippen LogP contribution is 2.22. The Bertz CT molecular complexity index is 336. The van der Waals surface area contributed by atoms with E-state index in [9.17, 15) is 13.2 Å². The summed E-state index contributed by atoms with van der Waals surface area (Å²) in [4.78, 5) is 10.9. The van der Waals surface area contributed by atoms with Crippen molar-refractivity contribution in [1.82, 2.24) is 4.31 Å². The molecule has 1 N–H and O–H groups in total. The van der Waals surface area contributed by atoms with Gasteiger partial charge in [0.05, 0.1) is 5.25 Å². The largest absolute Gasteiger partial charge is 0.480 e. The van der Waals surface area contributed by atoms with Gasteiger partial charge in [-0.1, -0.05) is 0 Å². The summed E-state index contributed by atoms with van der Waals surface area (Å²) >= 11 is 0. The van der Waals surface area contributed by atoms with Gasteiger partial charge < -0.3 is 5.11 Å². The second-order valence-corrected chi connectivity index (χ2v) is 6.50. The fourth-order valence-electron chi connectivity index (χ4n) is 1.73. The van der Waals surface area contributed by atoms with Gasteiger partial charge in [0, 0.05) is 6.54 Å². The van der Waals surface area contributed by atoms with Crippen LogP contribution >= 0.6 is 0 Å². The Morgan fingerprint density at radius 1 is 1.40 bits per heavy atom. The van der Waals surface area contributed by atoms with E-state index < -0.39 is 27.3 Å². The van der Waals surface area contributed by atoms with Crippen LogP contribution in [-0.4, -0.2) is 41.6 Å².